The van der Waals surface area contributed by atoms with E-state index in [1.54, 1.807) is 0 Å². The third kappa shape index (κ3) is 9.44. The van der Waals surface area contributed by atoms with Crippen LogP contribution in [-0.4, -0.2) is 6.54 Å². The average Bonchev–Trinajstić information content (AvgIpc) is 2.47. The molecule has 1 rings (SSSR count). The molecule has 0 saturated carbocycles. The highest BCUT2D eigenvalue weighted by atomic mass is 14.6. The normalized spacial score (nSPS) is 10.3. The predicted molar refractivity (Wildman–Crippen MR) is 94.7 cm³/mol. The SMILES string of the molecule is C=CC/C(C=C)=C/C(=C)CCN.NCc1cccc(N)c1. The molecule has 0 aliphatic rings. The molecule has 0 saturated heterocycles. The monoisotopic (exact) mass is 285 g/mol. The van der Waals surface area contributed by atoms with Crippen LogP contribution in [0.15, 0.2) is 73.4 Å². The third-order valence-corrected chi connectivity index (χ3v) is 2.68. The van der Waals surface area contributed by atoms with Crippen LogP contribution in [0.2, 0.25) is 0 Å². The van der Waals surface area contributed by atoms with Crippen molar-refractivity contribution in [3.8, 4) is 0 Å². The fraction of sp³-hybridized carbons (Fsp3) is 0.222. The van der Waals surface area contributed by atoms with Crippen molar-refractivity contribution in [2.75, 3.05) is 12.3 Å². The van der Waals surface area contributed by atoms with Crippen LogP contribution < -0.4 is 17.2 Å². The molecule has 114 valence electrons. The third-order valence-electron chi connectivity index (χ3n) is 2.68. The molecule has 21 heavy (non-hydrogen) atoms. The van der Waals surface area contributed by atoms with Crippen LogP contribution in [0.1, 0.15) is 18.4 Å². The van der Waals surface area contributed by atoms with Gasteiger partial charge in [-0.05, 0) is 42.7 Å². The van der Waals surface area contributed by atoms with Crippen molar-refractivity contribution in [3.05, 3.63) is 78.9 Å². The molecule has 0 radical (unpaired) electrons. The lowest BCUT2D eigenvalue weighted by molar-refractivity contribution is 0.974. The van der Waals surface area contributed by atoms with Gasteiger partial charge in [-0.3, -0.25) is 0 Å². The van der Waals surface area contributed by atoms with Gasteiger partial charge in [-0.2, -0.15) is 0 Å². The number of nitrogen functional groups attached to an aromatic ring is 1. The molecule has 0 heterocycles. The minimum absolute atomic E-state index is 0.561. The van der Waals surface area contributed by atoms with Gasteiger partial charge in [-0.1, -0.05) is 49.1 Å². The van der Waals surface area contributed by atoms with Gasteiger partial charge in [0.15, 0.2) is 0 Å². The minimum Gasteiger partial charge on any atom is -0.399 e. The van der Waals surface area contributed by atoms with E-state index in [1.807, 2.05) is 42.5 Å². The molecule has 0 spiro atoms. The van der Waals surface area contributed by atoms with Crippen LogP contribution in [0.4, 0.5) is 5.69 Å². The zero-order valence-electron chi connectivity index (χ0n) is 12.7. The number of nitrogens with two attached hydrogens (primary N) is 3. The number of hydrogen-bond donors (Lipinski definition) is 3. The summed E-state index contributed by atoms with van der Waals surface area (Å²) in [5.41, 5.74) is 20.3. The quantitative estimate of drug-likeness (QED) is 0.408. The summed E-state index contributed by atoms with van der Waals surface area (Å²) in [5, 5.41) is 0. The first-order valence-corrected chi connectivity index (χ1v) is 6.93. The maximum atomic E-state index is 5.48. The van der Waals surface area contributed by atoms with Crippen molar-refractivity contribution in [2.45, 2.75) is 19.4 Å². The Balaban J connectivity index is 0.000000394. The molecule has 0 bridgehead atoms. The van der Waals surface area contributed by atoms with Crippen molar-refractivity contribution in [1.82, 2.24) is 0 Å². The largest absolute Gasteiger partial charge is 0.399 e. The molecule has 1 aromatic carbocycles. The molecule has 0 fully saturated rings. The van der Waals surface area contributed by atoms with Gasteiger partial charge in [0, 0.05) is 12.2 Å². The number of rotatable bonds is 7. The minimum atomic E-state index is 0.561. The molecular formula is C18H27N3. The maximum absolute atomic E-state index is 5.48. The Kier molecular flexibility index (Phi) is 10.5. The Morgan fingerprint density at radius 1 is 1.19 bits per heavy atom. The van der Waals surface area contributed by atoms with Crippen LogP contribution >= 0.6 is 0 Å². The molecule has 0 aliphatic carbocycles. The van der Waals surface area contributed by atoms with E-state index >= 15 is 0 Å². The van der Waals surface area contributed by atoms with Crippen molar-refractivity contribution in [1.29, 1.82) is 0 Å². The van der Waals surface area contributed by atoms with Crippen LogP contribution in [0.3, 0.4) is 0 Å². The molecule has 0 aliphatic heterocycles. The van der Waals surface area contributed by atoms with E-state index in [0.29, 0.717) is 13.1 Å². The number of allylic oxidation sites excluding steroid dienone is 4. The first-order chi connectivity index (χ1) is 10.1. The van der Waals surface area contributed by atoms with E-state index in [9.17, 15) is 0 Å². The summed E-state index contributed by atoms with van der Waals surface area (Å²) < 4.78 is 0. The summed E-state index contributed by atoms with van der Waals surface area (Å²) in [5.74, 6) is 0. The highest BCUT2D eigenvalue weighted by molar-refractivity contribution is 5.40. The molecule has 1 aromatic rings. The van der Waals surface area contributed by atoms with E-state index in [-0.39, 0.29) is 0 Å². The first kappa shape index (κ1) is 18.9. The highest BCUT2D eigenvalue weighted by Crippen LogP contribution is 2.08. The lowest BCUT2D eigenvalue weighted by atomic mass is 10.1. The van der Waals surface area contributed by atoms with Gasteiger partial charge in [0.2, 0.25) is 0 Å². The second-order valence-electron chi connectivity index (χ2n) is 4.56. The standard InChI is InChI=1S/C11H17N.C7H10N2/c1-4-6-11(5-2)9-10(3)7-8-12;8-5-6-2-1-3-7(9)4-6/h4-5,9H,1-3,6-8,12H2;1-4H,5,8-9H2/b11-9+;. The average molecular weight is 285 g/mol. The van der Waals surface area contributed by atoms with Crippen molar-refractivity contribution < 1.29 is 0 Å². The number of anilines is 1. The molecule has 0 amide bonds. The molecule has 3 heteroatoms. The van der Waals surface area contributed by atoms with Crippen molar-refractivity contribution in [2.24, 2.45) is 11.5 Å². The zero-order chi connectivity index (χ0) is 16.1. The topological polar surface area (TPSA) is 78.1 Å². The second kappa shape index (κ2) is 11.7. The van der Waals surface area contributed by atoms with Gasteiger partial charge in [0.25, 0.3) is 0 Å². The lowest BCUT2D eigenvalue weighted by Crippen LogP contribution is -1.98. The molecule has 6 N–H and O–H groups in total. The number of hydrogen-bond acceptors (Lipinski definition) is 3. The van der Waals surface area contributed by atoms with E-state index in [4.69, 9.17) is 17.2 Å². The fourth-order valence-electron chi connectivity index (χ4n) is 1.61. The van der Waals surface area contributed by atoms with E-state index in [1.165, 1.54) is 0 Å². The van der Waals surface area contributed by atoms with Gasteiger partial charge < -0.3 is 17.2 Å². The Labute approximate surface area is 128 Å². The first-order valence-electron chi connectivity index (χ1n) is 6.93. The van der Waals surface area contributed by atoms with Crippen LogP contribution in [0.5, 0.6) is 0 Å². The predicted octanol–water partition coefficient (Wildman–Crippen LogP) is 3.31. The summed E-state index contributed by atoms with van der Waals surface area (Å²) in [7, 11) is 0. The molecule has 0 atom stereocenters. The molecule has 0 unspecified atom stereocenters. The molecule has 3 nitrogen and oxygen atoms in total. The Morgan fingerprint density at radius 3 is 2.33 bits per heavy atom. The van der Waals surface area contributed by atoms with Crippen LogP contribution in [0, 0.1) is 0 Å². The van der Waals surface area contributed by atoms with Crippen molar-refractivity contribution in [3.63, 3.8) is 0 Å². The summed E-state index contributed by atoms with van der Waals surface area (Å²) >= 11 is 0. The van der Waals surface area contributed by atoms with Gasteiger partial charge >= 0.3 is 0 Å². The van der Waals surface area contributed by atoms with E-state index < -0.39 is 0 Å². The van der Waals surface area contributed by atoms with Crippen LogP contribution in [0.25, 0.3) is 0 Å². The molecular weight excluding hydrogens is 258 g/mol. The Bertz CT molecular complexity index is 487. The van der Waals surface area contributed by atoms with Gasteiger partial charge in [-0.15, -0.1) is 6.58 Å². The fourth-order valence-corrected chi connectivity index (χ4v) is 1.61. The second-order valence-corrected chi connectivity index (χ2v) is 4.56. The lowest BCUT2D eigenvalue weighted by Gasteiger charge is -1.99. The van der Waals surface area contributed by atoms with Gasteiger partial charge in [0.05, 0.1) is 0 Å². The van der Waals surface area contributed by atoms with Gasteiger partial charge in [-0.25, -0.2) is 0 Å². The highest BCUT2D eigenvalue weighted by Gasteiger charge is 1.91. The van der Waals surface area contributed by atoms with Crippen molar-refractivity contribution >= 4 is 5.69 Å². The summed E-state index contributed by atoms with van der Waals surface area (Å²) in [6, 6.07) is 7.58. The zero-order valence-corrected chi connectivity index (χ0v) is 12.7. The summed E-state index contributed by atoms with van der Waals surface area (Å²) in [6.45, 7) is 12.4. The van der Waals surface area contributed by atoms with E-state index in [0.717, 1.165) is 35.2 Å². The Morgan fingerprint density at radius 2 is 1.90 bits per heavy atom. The van der Waals surface area contributed by atoms with E-state index in [2.05, 4.69) is 19.7 Å². The van der Waals surface area contributed by atoms with Gasteiger partial charge in [0.1, 0.15) is 0 Å². The Hall–Kier alpha value is -2.10. The summed E-state index contributed by atoms with van der Waals surface area (Å²) in [4.78, 5) is 0. The molecule has 0 aromatic heterocycles. The van der Waals surface area contributed by atoms with Crippen LogP contribution in [-0.2, 0) is 6.54 Å². The number of benzene rings is 1. The smallest absolute Gasteiger partial charge is 0.0317 e. The maximum Gasteiger partial charge on any atom is 0.0317 e. The summed E-state index contributed by atoms with van der Waals surface area (Å²) in [6.07, 6.45) is 7.37.